The number of hydrogen-bond donors (Lipinski definition) is 1. The fourth-order valence-electron chi connectivity index (χ4n) is 1.91. The van der Waals surface area contributed by atoms with Crippen LogP contribution in [0.2, 0.25) is 0 Å². The average molecular weight is 285 g/mol. The van der Waals surface area contributed by atoms with Gasteiger partial charge in [0.1, 0.15) is 18.1 Å². The quantitative estimate of drug-likeness (QED) is 0.830. The summed E-state index contributed by atoms with van der Waals surface area (Å²) in [7, 11) is 1.58. The summed E-state index contributed by atoms with van der Waals surface area (Å²) in [6, 6.07) is 14.8. The Bertz CT molecular complexity index is 610. The molecule has 0 atom stereocenters. The summed E-state index contributed by atoms with van der Waals surface area (Å²) in [6.07, 6.45) is 0. The number of methoxy groups -OCH3 is 1. The second-order valence-corrected chi connectivity index (χ2v) is 4.60. The Kier molecular flexibility index (Phi) is 5.21. The molecule has 0 fully saturated rings. The molecule has 1 amide bonds. The molecule has 0 heterocycles. The van der Waals surface area contributed by atoms with Crippen LogP contribution < -0.4 is 14.8 Å². The van der Waals surface area contributed by atoms with Crippen LogP contribution in [0, 0.1) is 6.92 Å². The summed E-state index contributed by atoms with van der Waals surface area (Å²) in [5.41, 5.74) is 1.65. The third-order valence-corrected chi connectivity index (χ3v) is 3.07. The van der Waals surface area contributed by atoms with E-state index in [4.69, 9.17) is 9.47 Å². The SMILES string of the molecule is COc1cccc(C(=O)NCCOc2ccccc2C)c1. The van der Waals surface area contributed by atoms with E-state index in [2.05, 4.69) is 5.32 Å². The molecule has 0 aliphatic rings. The van der Waals surface area contributed by atoms with Crippen molar-refractivity contribution < 1.29 is 14.3 Å². The predicted octanol–water partition coefficient (Wildman–Crippen LogP) is 2.81. The van der Waals surface area contributed by atoms with Gasteiger partial charge in [-0.3, -0.25) is 4.79 Å². The summed E-state index contributed by atoms with van der Waals surface area (Å²) in [4.78, 5) is 12.0. The zero-order chi connectivity index (χ0) is 15.1. The van der Waals surface area contributed by atoms with Gasteiger partial charge >= 0.3 is 0 Å². The predicted molar refractivity (Wildman–Crippen MR) is 82.0 cm³/mol. The van der Waals surface area contributed by atoms with Crippen LogP contribution >= 0.6 is 0 Å². The molecule has 0 aromatic heterocycles. The van der Waals surface area contributed by atoms with Gasteiger partial charge in [0.25, 0.3) is 5.91 Å². The maximum Gasteiger partial charge on any atom is 0.251 e. The van der Waals surface area contributed by atoms with Crippen LogP contribution in [-0.2, 0) is 0 Å². The van der Waals surface area contributed by atoms with Gasteiger partial charge in [-0.2, -0.15) is 0 Å². The number of hydrogen-bond acceptors (Lipinski definition) is 3. The van der Waals surface area contributed by atoms with Crippen molar-refractivity contribution in [2.45, 2.75) is 6.92 Å². The molecule has 2 aromatic rings. The lowest BCUT2D eigenvalue weighted by Gasteiger charge is -2.10. The highest BCUT2D eigenvalue weighted by atomic mass is 16.5. The number of carbonyl (C=O) groups is 1. The van der Waals surface area contributed by atoms with Crippen molar-refractivity contribution in [3.8, 4) is 11.5 Å². The molecule has 21 heavy (non-hydrogen) atoms. The number of benzene rings is 2. The monoisotopic (exact) mass is 285 g/mol. The molecule has 0 bridgehead atoms. The van der Waals surface area contributed by atoms with E-state index in [1.54, 1.807) is 31.4 Å². The molecule has 2 rings (SSSR count). The zero-order valence-electron chi connectivity index (χ0n) is 12.3. The van der Waals surface area contributed by atoms with Crippen molar-refractivity contribution in [3.63, 3.8) is 0 Å². The summed E-state index contributed by atoms with van der Waals surface area (Å²) in [6.45, 7) is 2.87. The van der Waals surface area contributed by atoms with Gasteiger partial charge in [-0.15, -0.1) is 0 Å². The van der Waals surface area contributed by atoms with Gasteiger partial charge in [0.05, 0.1) is 13.7 Å². The number of aryl methyl sites for hydroxylation is 1. The number of amides is 1. The third-order valence-electron chi connectivity index (χ3n) is 3.07. The molecule has 0 aliphatic heterocycles. The molecule has 0 radical (unpaired) electrons. The van der Waals surface area contributed by atoms with E-state index >= 15 is 0 Å². The van der Waals surface area contributed by atoms with Crippen molar-refractivity contribution in [2.75, 3.05) is 20.3 Å². The van der Waals surface area contributed by atoms with Crippen molar-refractivity contribution >= 4 is 5.91 Å². The smallest absolute Gasteiger partial charge is 0.251 e. The molecule has 1 N–H and O–H groups in total. The van der Waals surface area contributed by atoms with Gasteiger partial charge in [0.2, 0.25) is 0 Å². The first kappa shape index (κ1) is 14.9. The fourth-order valence-corrected chi connectivity index (χ4v) is 1.91. The lowest BCUT2D eigenvalue weighted by Crippen LogP contribution is -2.28. The number of ether oxygens (including phenoxy) is 2. The van der Waals surface area contributed by atoms with E-state index < -0.39 is 0 Å². The Hall–Kier alpha value is -2.49. The third kappa shape index (κ3) is 4.24. The van der Waals surface area contributed by atoms with Crippen molar-refractivity contribution in [1.82, 2.24) is 5.32 Å². The van der Waals surface area contributed by atoms with Crippen LogP contribution in [0.1, 0.15) is 15.9 Å². The van der Waals surface area contributed by atoms with Crippen molar-refractivity contribution in [3.05, 3.63) is 59.7 Å². The molecular formula is C17H19NO3. The van der Waals surface area contributed by atoms with Gasteiger partial charge in [-0.25, -0.2) is 0 Å². The zero-order valence-corrected chi connectivity index (χ0v) is 12.3. The Morgan fingerprint density at radius 1 is 1.14 bits per heavy atom. The molecule has 0 saturated heterocycles. The second-order valence-electron chi connectivity index (χ2n) is 4.60. The van der Waals surface area contributed by atoms with Crippen LogP contribution in [0.15, 0.2) is 48.5 Å². The Morgan fingerprint density at radius 2 is 1.95 bits per heavy atom. The first-order chi connectivity index (χ1) is 10.2. The summed E-state index contributed by atoms with van der Waals surface area (Å²) in [5, 5.41) is 2.82. The number of rotatable bonds is 6. The maximum atomic E-state index is 12.0. The highest BCUT2D eigenvalue weighted by molar-refractivity contribution is 5.94. The standard InChI is InChI=1S/C17H19NO3/c1-13-6-3-4-9-16(13)21-11-10-18-17(19)14-7-5-8-15(12-14)20-2/h3-9,12H,10-11H2,1-2H3,(H,18,19). The van der Waals surface area contributed by atoms with E-state index in [1.807, 2.05) is 31.2 Å². The minimum Gasteiger partial charge on any atom is -0.497 e. The fraction of sp³-hybridized carbons (Fsp3) is 0.235. The molecule has 4 heteroatoms. The molecule has 2 aromatic carbocycles. The molecular weight excluding hydrogens is 266 g/mol. The van der Waals surface area contributed by atoms with Gasteiger partial charge in [-0.05, 0) is 36.8 Å². The van der Waals surface area contributed by atoms with E-state index in [9.17, 15) is 4.79 Å². The van der Waals surface area contributed by atoms with E-state index in [-0.39, 0.29) is 5.91 Å². The van der Waals surface area contributed by atoms with Crippen molar-refractivity contribution in [1.29, 1.82) is 0 Å². The minimum absolute atomic E-state index is 0.137. The molecule has 110 valence electrons. The van der Waals surface area contributed by atoms with Crippen LogP contribution in [0.5, 0.6) is 11.5 Å². The van der Waals surface area contributed by atoms with E-state index in [1.165, 1.54) is 0 Å². The van der Waals surface area contributed by atoms with E-state index in [0.717, 1.165) is 11.3 Å². The normalized spacial score (nSPS) is 10.0. The Labute approximate surface area is 124 Å². The minimum atomic E-state index is -0.137. The van der Waals surface area contributed by atoms with Crippen LogP contribution in [0.25, 0.3) is 0 Å². The lowest BCUT2D eigenvalue weighted by atomic mass is 10.2. The lowest BCUT2D eigenvalue weighted by molar-refractivity contribution is 0.0946. The van der Waals surface area contributed by atoms with Gasteiger partial charge < -0.3 is 14.8 Å². The summed E-state index contributed by atoms with van der Waals surface area (Å²) < 4.78 is 10.7. The molecule has 0 spiro atoms. The van der Waals surface area contributed by atoms with Gasteiger partial charge in [0.15, 0.2) is 0 Å². The number of nitrogens with one attached hydrogen (secondary N) is 1. The Balaban J connectivity index is 1.80. The van der Waals surface area contributed by atoms with Crippen LogP contribution in [0.3, 0.4) is 0 Å². The van der Waals surface area contributed by atoms with Crippen LogP contribution in [-0.4, -0.2) is 26.2 Å². The highest BCUT2D eigenvalue weighted by Gasteiger charge is 2.06. The molecule has 0 saturated carbocycles. The van der Waals surface area contributed by atoms with Crippen LogP contribution in [0.4, 0.5) is 0 Å². The molecule has 4 nitrogen and oxygen atoms in total. The first-order valence-corrected chi connectivity index (χ1v) is 6.81. The Morgan fingerprint density at radius 3 is 2.71 bits per heavy atom. The van der Waals surface area contributed by atoms with Gasteiger partial charge in [0, 0.05) is 5.56 Å². The largest absolute Gasteiger partial charge is 0.497 e. The highest BCUT2D eigenvalue weighted by Crippen LogP contribution is 2.15. The molecule has 0 unspecified atom stereocenters. The topological polar surface area (TPSA) is 47.6 Å². The average Bonchev–Trinajstić information content (AvgIpc) is 2.53. The number of carbonyl (C=O) groups excluding carboxylic acids is 1. The molecule has 0 aliphatic carbocycles. The maximum absolute atomic E-state index is 12.0. The first-order valence-electron chi connectivity index (χ1n) is 6.81. The van der Waals surface area contributed by atoms with E-state index in [0.29, 0.717) is 24.5 Å². The van der Waals surface area contributed by atoms with Crippen molar-refractivity contribution in [2.24, 2.45) is 0 Å². The summed E-state index contributed by atoms with van der Waals surface area (Å²) >= 11 is 0. The second kappa shape index (κ2) is 7.33. The number of para-hydroxylation sites is 1. The summed E-state index contributed by atoms with van der Waals surface area (Å²) in [5.74, 6) is 1.37. The van der Waals surface area contributed by atoms with Gasteiger partial charge in [-0.1, -0.05) is 24.3 Å².